The number of halogens is 1. The molecule has 0 atom stereocenters. The number of aryl methyl sites for hydroxylation is 2. The molecule has 0 unspecified atom stereocenters. The van der Waals surface area contributed by atoms with E-state index < -0.39 is 0 Å². The summed E-state index contributed by atoms with van der Waals surface area (Å²) in [5.41, 5.74) is 2.81. The van der Waals surface area contributed by atoms with Crippen molar-refractivity contribution in [2.24, 2.45) is 0 Å². The maximum Gasteiger partial charge on any atom is 0.319 e. The quantitative estimate of drug-likeness (QED) is 0.753. The number of rotatable bonds is 6. The van der Waals surface area contributed by atoms with Crippen molar-refractivity contribution < 1.29 is 9.53 Å². The monoisotopic (exact) mass is 380 g/mol. The number of aromatic nitrogens is 2. The summed E-state index contributed by atoms with van der Waals surface area (Å²) in [6, 6.07) is 6.98. The van der Waals surface area contributed by atoms with Crippen molar-refractivity contribution in [1.29, 1.82) is 0 Å². The van der Waals surface area contributed by atoms with Gasteiger partial charge in [-0.1, -0.05) is 0 Å². The average Bonchev–Trinajstić information content (AvgIpc) is 2.79. The van der Waals surface area contributed by atoms with Gasteiger partial charge in [-0.15, -0.1) is 0 Å². The van der Waals surface area contributed by atoms with Gasteiger partial charge in [-0.25, -0.2) is 4.79 Å². The molecule has 0 aliphatic heterocycles. The number of hydrogen-bond acceptors (Lipinski definition) is 3. The van der Waals surface area contributed by atoms with Crippen molar-refractivity contribution in [3.63, 3.8) is 0 Å². The van der Waals surface area contributed by atoms with Crippen LogP contribution in [-0.2, 0) is 6.54 Å². The molecule has 2 rings (SSSR count). The van der Waals surface area contributed by atoms with Crippen LogP contribution in [-0.4, -0.2) is 29.5 Å². The van der Waals surface area contributed by atoms with Gasteiger partial charge >= 0.3 is 6.03 Å². The molecule has 0 fully saturated rings. The minimum Gasteiger partial charge on any atom is -0.497 e. The molecule has 2 aromatic rings. The molecule has 0 aliphatic rings. The van der Waals surface area contributed by atoms with Crippen LogP contribution in [0.5, 0.6) is 5.75 Å². The lowest BCUT2D eigenvalue weighted by atomic mass is 10.3. The molecule has 0 bridgehead atoms. The first-order valence-corrected chi connectivity index (χ1v) is 8.19. The van der Waals surface area contributed by atoms with E-state index in [0.717, 1.165) is 40.3 Å². The third-order valence-corrected chi connectivity index (χ3v) is 4.62. The molecule has 7 heteroatoms. The Morgan fingerprint density at radius 3 is 2.57 bits per heavy atom. The van der Waals surface area contributed by atoms with Crippen molar-refractivity contribution in [2.75, 3.05) is 19.0 Å². The van der Waals surface area contributed by atoms with Gasteiger partial charge in [-0.3, -0.25) is 4.68 Å². The number of hydrogen-bond donors (Lipinski definition) is 2. The lowest BCUT2D eigenvalue weighted by molar-refractivity contribution is 0.251. The lowest BCUT2D eigenvalue weighted by Crippen LogP contribution is -2.30. The largest absolute Gasteiger partial charge is 0.497 e. The maximum absolute atomic E-state index is 11.8. The third kappa shape index (κ3) is 4.72. The fourth-order valence-electron chi connectivity index (χ4n) is 2.17. The molecule has 124 valence electrons. The number of nitrogens with one attached hydrogen (secondary N) is 2. The standard InChI is InChI=1S/C16H21BrN4O2/c1-11-15(17)12(2)21(20-11)10-4-9-18-16(22)19-13-5-7-14(23-3)8-6-13/h5-8H,4,9-10H2,1-3H3,(H2,18,19,22). The van der Waals surface area contributed by atoms with Crippen molar-refractivity contribution in [2.45, 2.75) is 26.8 Å². The van der Waals surface area contributed by atoms with E-state index in [-0.39, 0.29) is 6.03 Å². The van der Waals surface area contributed by atoms with Gasteiger partial charge in [0.1, 0.15) is 5.75 Å². The second kappa shape index (κ2) is 8.01. The lowest BCUT2D eigenvalue weighted by Gasteiger charge is -2.09. The Hall–Kier alpha value is -2.02. The predicted molar refractivity (Wildman–Crippen MR) is 94.0 cm³/mol. The zero-order valence-electron chi connectivity index (χ0n) is 13.5. The first-order valence-electron chi connectivity index (χ1n) is 7.39. The van der Waals surface area contributed by atoms with Crippen LogP contribution in [0.3, 0.4) is 0 Å². The van der Waals surface area contributed by atoms with E-state index in [1.807, 2.05) is 18.5 Å². The van der Waals surface area contributed by atoms with E-state index in [2.05, 4.69) is 31.7 Å². The van der Waals surface area contributed by atoms with Crippen LogP contribution in [0.4, 0.5) is 10.5 Å². The first kappa shape index (κ1) is 17.3. The highest BCUT2D eigenvalue weighted by Gasteiger charge is 2.08. The molecule has 1 heterocycles. The Balaban J connectivity index is 1.73. The molecule has 0 radical (unpaired) electrons. The fourth-order valence-corrected chi connectivity index (χ4v) is 2.46. The number of anilines is 1. The Bertz CT molecular complexity index is 667. The molecule has 0 saturated carbocycles. The van der Waals surface area contributed by atoms with E-state index in [1.54, 1.807) is 31.4 Å². The highest BCUT2D eigenvalue weighted by molar-refractivity contribution is 9.10. The molecule has 23 heavy (non-hydrogen) atoms. The number of benzene rings is 1. The number of carbonyl (C=O) groups excluding carboxylic acids is 1. The van der Waals surface area contributed by atoms with Gasteiger partial charge in [0.2, 0.25) is 0 Å². The third-order valence-electron chi connectivity index (χ3n) is 3.47. The summed E-state index contributed by atoms with van der Waals surface area (Å²) in [7, 11) is 1.61. The summed E-state index contributed by atoms with van der Waals surface area (Å²) in [5.74, 6) is 0.756. The summed E-state index contributed by atoms with van der Waals surface area (Å²) in [6.07, 6.45) is 0.810. The van der Waals surface area contributed by atoms with Gasteiger partial charge in [-0.05, 0) is 60.5 Å². The van der Waals surface area contributed by atoms with Gasteiger partial charge in [0, 0.05) is 24.5 Å². The minimum atomic E-state index is -0.218. The molecular weight excluding hydrogens is 360 g/mol. The minimum absolute atomic E-state index is 0.218. The van der Waals surface area contributed by atoms with Crippen LogP contribution in [0.25, 0.3) is 0 Å². The fraction of sp³-hybridized carbons (Fsp3) is 0.375. The topological polar surface area (TPSA) is 68.2 Å². The maximum atomic E-state index is 11.8. The van der Waals surface area contributed by atoms with Crippen molar-refractivity contribution in [1.82, 2.24) is 15.1 Å². The van der Waals surface area contributed by atoms with E-state index in [0.29, 0.717) is 6.54 Å². The molecule has 1 aromatic carbocycles. The zero-order valence-corrected chi connectivity index (χ0v) is 15.1. The van der Waals surface area contributed by atoms with Crippen molar-refractivity contribution in [3.05, 3.63) is 40.1 Å². The summed E-state index contributed by atoms with van der Waals surface area (Å²) in [6.45, 7) is 5.33. The van der Waals surface area contributed by atoms with Crippen LogP contribution < -0.4 is 15.4 Å². The zero-order chi connectivity index (χ0) is 16.8. The number of urea groups is 1. The number of amides is 2. The Kier molecular flexibility index (Phi) is 6.04. The highest BCUT2D eigenvalue weighted by Crippen LogP contribution is 2.19. The summed E-state index contributed by atoms with van der Waals surface area (Å²) < 4.78 is 8.07. The number of ether oxygens (including phenoxy) is 1. The number of methoxy groups -OCH3 is 1. The Morgan fingerprint density at radius 1 is 1.30 bits per heavy atom. The van der Waals surface area contributed by atoms with Gasteiger partial charge in [0.05, 0.1) is 17.3 Å². The Morgan fingerprint density at radius 2 is 2.00 bits per heavy atom. The van der Waals surface area contributed by atoms with Gasteiger partial charge < -0.3 is 15.4 Å². The summed E-state index contributed by atoms with van der Waals surface area (Å²) >= 11 is 3.51. The predicted octanol–water partition coefficient (Wildman–Crippen LogP) is 3.48. The molecule has 0 aliphatic carbocycles. The SMILES string of the molecule is COc1ccc(NC(=O)NCCCn2nc(C)c(Br)c2C)cc1. The smallest absolute Gasteiger partial charge is 0.319 e. The van der Waals surface area contributed by atoms with E-state index in [4.69, 9.17) is 4.74 Å². The van der Waals surface area contributed by atoms with E-state index in [1.165, 1.54) is 0 Å². The average molecular weight is 381 g/mol. The second-order valence-electron chi connectivity index (χ2n) is 5.17. The van der Waals surface area contributed by atoms with Crippen LogP contribution >= 0.6 is 15.9 Å². The first-order chi connectivity index (χ1) is 11.0. The van der Waals surface area contributed by atoms with Gasteiger partial charge in [0.25, 0.3) is 0 Å². The van der Waals surface area contributed by atoms with Crippen LogP contribution in [0, 0.1) is 13.8 Å². The molecule has 2 N–H and O–H groups in total. The van der Waals surface area contributed by atoms with Crippen LogP contribution in [0.15, 0.2) is 28.7 Å². The second-order valence-corrected chi connectivity index (χ2v) is 5.96. The summed E-state index contributed by atoms with van der Waals surface area (Å²) in [4.78, 5) is 11.8. The Labute approximate surface area is 144 Å². The van der Waals surface area contributed by atoms with Gasteiger partial charge in [0.15, 0.2) is 0 Å². The molecular formula is C16H21BrN4O2. The van der Waals surface area contributed by atoms with Crippen LogP contribution in [0.2, 0.25) is 0 Å². The molecule has 2 amide bonds. The number of carbonyl (C=O) groups is 1. The molecule has 0 saturated heterocycles. The van der Waals surface area contributed by atoms with Crippen molar-refractivity contribution in [3.8, 4) is 5.75 Å². The van der Waals surface area contributed by atoms with Gasteiger partial charge in [-0.2, -0.15) is 5.10 Å². The van der Waals surface area contributed by atoms with Crippen LogP contribution in [0.1, 0.15) is 17.8 Å². The molecule has 1 aromatic heterocycles. The highest BCUT2D eigenvalue weighted by atomic mass is 79.9. The molecule has 0 spiro atoms. The van der Waals surface area contributed by atoms with E-state index in [9.17, 15) is 4.79 Å². The normalized spacial score (nSPS) is 10.4. The number of nitrogens with zero attached hydrogens (tertiary/aromatic N) is 2. The van der Waals surface area contributed by atoms with E-state index >= 15 is 0 Å². The van der Waals surface area contributed by atoms with Crippen molar-refractivity contribution >= 4 is 27.6 Å². The molecule has 6 nitrogen and oxygen atoms in total. The summed E-state index contributed by atoms with van der Waals surface area (Å²) in [5, 5.41) is 10.1.